The van der Waals surface area contributed by atoms with E-state index >= 15 is 0 Å². The summed E-state index contributed by atoms with van der Waals surface area (Å²) in [6.07, 6.45) is 1.70. The van der Waals surface area contributed by atoms with Gasteiger partial charge in [-0.2, -0.15) is 0 Å². The molecule has 0 saturated heterocycles. The topological polar surface area (TPSA) is 106 Å². The molecule has 0 saturated carbocycles. The summed E-state index contributed by atoms with van der Waals surface area (Å²) < 4.78 is 6.47. The molecule has 2 N–H and O–H groups in total. The fourth-order valence-corrected chi connectivity index (χ4v) is 3.60. The van der Waals surface area contributed by atoms with Crippen LogP contribution in [0, 0.1) is 6.92 Å². The number of rotatable bonds is 5. The van der Waals surface area contributed by atoms with E-state index in [4.69, 9.17) is 4.74 Å². The number of aryl methyl sites for hydroxylation is 1. The SMILES string of the molecule is COc1ccc(-n2[nH]c3[nH]c(CSc4nccc(C)n4)cc(=O)c3c2=O)cc1. The van der Waals surface area contributed by atoms with E-state index in [0.717, 1.165) is 5.69 Å². The van der Waals surface area contributed by atoms with Crippen molar-refractivity contribution in [2.24, 2.45) is 0 Å². The molecule has 0 amide bonds. The predicted molar refractivity (Wildman–Crippen MR) is 107 cm³/mol. The fraction of sp³-hybridized carbons (Fsp3) is 0.158. The number of nitrogens with one attached hydrogen (secondary N) is 2. The van der Waals surface area contributed by atoms with Gasteiger partial charge in [0.25, 0.3) is 5.56 Å². The quantitative estimate of drug-likeness (QED) is 0.397. The van der Waals surface area contributed by atoms with Crippen LogP contribution in [0.1, 0.15) is 11.4 Å². The first kappa shape index (κ1) is 18.1. The third-order valence-corrected chi connectivity index (χ3v) is 5.10. The lowest BCUT2D eigenvalue weighted by molar-refractivity contribution is 0.414. The lowest BCUT2D eigenvalue weighted by Crippen LogP contribution is -2.18. The molecule has 4 rings (SSSR count). The van der Waals surface area contributed by atoms with Gasteiger partial charge in [-0.25, -0.2) is 14.6 Å². The molecule has 0 aliphatic heterocycles. The first-order chi connectivity index (χ1) is 13.5. The smallest absolute Gasteiger partial charge is 0.284 e. The van der Waals surface area contributed by atoms with Crippen LogP contribution >= 0.6 is 11.8 Å². The second-order valence-corrected chi connectivity index (χ2v) is 7.07. The maximum absolute atomic E-state index is 12.7. The van der Waals surface area contributed by atoms with E-state index in [1.165, 1.54) is 22.5 Å². The van der Waals surface area contributed by atoms with Crippen molar-refractivity contribution in [3.05, 3.63) is 74.6 Å². The maximum atomic E-state index is 12.7. The van der Waals surface area contributed by atoms with Crippen molar-refractivity contribution in [3.8, 4) is 11.4 Å². The predicted octanol–water partition coefficient (Wildman–Crippen LogP) is 2.41. The Morgan fingerprint density at radius 2 is 1.96 bits per heavy atom. The molecule has 0 atom stereocenters. The highest BCUT2D eigenvalue weighted by atomic mass is 32.2. The molecule has 28 heavy (non-hydrogen) atoms. The zero-order valence-corrected chi connectivity index (χ0v) is 16.0. The molecule has 8 nitrogen and oxygen atoms in total. The second kappa shape index (κ2) is 7.35. The molecular formula is C19H17N5O3S. The van der Waals surface area contributed by atoms with Gasteiger partial charge < -0.3 is 9.72 Å². The van der Waals surface area contributed by atoms with E-state index in [0.29, 0.717) is 33.7 Å². The van der Waals surface area contributed by atoms with Crippen LogP contribution in [0.4, 0.5) is 0 Å². The summed E-state index contributed by atoms with van der Waals surface area (Å²) in [6, 6.07) is 10.2. The Morgan fingerprint density at radius 3 is 2.68 bits per heavy atom. The summed E-state index contributed by atoms with van der Waals surface area (Å²) in [5, 5.41) is 3.70. The number of aromatic amines is 2. The van der Waals surface area contributed by atoms with Crippen molar-refractivity contribution >= 4 is 22.8 Å². The highest BCUT2D eigenvalue weighted by Crippen LogP contribution is 2.18. The zero-order chi connectivity index (χ0) is 19.7. The van der Waals surface area contributed by atoms with E-state index in [2.05, 4.69) is 20.1 Å². The number of fused-ring (bicyclic) bond motifs is 1. The van der Waals surface area contributed by atoms with Gasteiger partial charge in [0.2, 0.25) is 0 Å². The van der Waals surface area contributed by atoms with Crippen LogP contribution in [0.5, 0.6) is 5.75 Å². The van der Waals surface area contributed by atoms with Gasteiger partial charge in [-0.1, -0.05) is 11.8 Å². The van der Waals surface area contributed by atoms with Gasteiger partial charge in [0, 0.05) is 29.4 Å². The number of thioether (sulfide) groups is 1. The monoisotopic (exact) mass is 395 g/mol. The Morgan fingerprint density at radius 1 is 1.18 bits per heavy atom. The first-order valence-electron chi connectivity index (χ1n) is 8.49. The van der Waals surface area contributed by atoms with Crippen molar-refractivity contribution in [2.45, 2.75) is 17.8 Å². The van der Waals surface area contributed by atoms with Gasteiger partial charge in [-0.3, -0.25) is 14.7 Å². The number of pyridine rings is 1. The normalized spacial score (nSPS) is 11.1. The first-order valence-corrected chi connectivity index (χ1v) is 9.47. The second-order valence-electron chi connectivity index (χ2n) is 6.13. The molecule has 4 aromatic rings. The summed E-state index contributed by atoms with van der Waals surface area (Å²) in [5.41, 5.74) is 1.82. The number of benzene rings is 1. The standard InChI is InChI=1S/C19H17N5O3S/c1-11-7-8-20-19(21-11)28-10-12-9-15(25)16-17(22-12)23-24(18(16)26)13-3-5-14(27-2)6-4-13/h3-9H,10H2,1-2H3,(H2,22,23,25). The summed E-state index contributed by atoms with van der Waals surface area (Å²) in [6.45, 7) is 1.90. The molecule has 3 aromatic heterocycles. The Bertz CT molecular complexity index is 1260. The number of aromatic nitrogens is 5. The largest absolute Gasteiger partial charge is 0.497 e. The molecule has 0 spiro atoms. The van der Waals surface area contributed by atoms with Crippen molar-refractivity contribution in [1.29, 1.82) is 0 Å². The molecule has 142 valence electrons. The summed E-state index contributed by atoms with van der Waals surface area (Å²) in [5.74, 6) is 1.16. The van der Waals surface area contributed by atoms with Crippen LogP contribution in [-0.4, -0.2) is 31.8 Å². The van der Waals surface area contributed by atoms with Crippen LogP contribution in [0.2, 0.25) is 0 Å². The molecule has 0 aliphatic rings. The lowest BCUT2D eigenvalue weighted by Gasteiger charge is -2.03. The van der Waals surface area contributed by atoms with E-state index in [1.807, 2.05) is 13.0 Å². The van der Waals surface area contributed by atoms with Crippen molar-refractivity contribution in [3.63, 3.8) is 0 Å². The van der Waals surface area contributed by atoms with Crippen LogP contribution in [0.3, 0.4) is 0 Å². The van der Waals surface area contributed by atoms with Crippen molar-refractivity contribution in [1.82, 2.24) is 24.7 Å². The van der Waals surface area contributed by atoms with Crippen LogP contribution < -0.4 is 15.7 Å². The van der Waals surface area contributed by atoms with Gasteiger partial charge in [-0.05, 0) is 37.3 Å². The summed E-state index contributed by atoms with van der Waals surface area (Å²) >= 11 is 1.41. The molecule has 0 aliphatic carbocycles. The maximum Gasteiger partial charge on any atom is 0.284 e. The van der Waals surface area contributed by atoms with Gasteiger partial charge in [0.05, 0.1) is 12.8 Å². The number of hydrogen-bond acceptors (Lipinski definition) is 6. The van der Waals surface area contributed by atoms with E-state index in [1.54, 1.807) is 37.6 Å². The average Bonchev–Trinajstić information content (AvgIpc) is 3.03. The Kier molecular flexibility index (Phi) is 4.74. The van der Waals surface area contributed by atoms with Crippen molar-refractivity contribution < 1.29 is 4.74 Å². The number of nitrogens with zero attached hydrogens (tertiary/aromatic N) is 3. The fourth-order valence-electron chi connectivity index (χ4n) is 2.81. The molecule has 0 unspecified atom stereocenters. The van der Waals surface area contributed by atoms with E-state index in [-0.39, 0.29) is 10.8 Å². The zero-order valence-electron chi connectivity index (χ0n) is 15.2. The summed E-state index contributed by atoms with van der Waals surface area (Å²) in [4.78, 5) is 36.9. The molecule has 3 heterocycles. The molecule has 9 heteroatoms. The van der Waals surface area contributed by atoms with Crippen molar-refractivity contribution in [2.75, 3.05) is 7.11 Å². The molecule has 0 fully saturated rings. The Labute approximate surface area is 163 Å². The summed E-state index contributed by atoms with van der Waals surface area (Å²) in [7, 11) is 1.57. The van der Waals surface area contributed by atoms with Gasteiger partial charge in [0.15, 0.2) is 10.6 Å². The molecule has 0 bridgehead atoms. The van der Waals surface area contributed by atoms with Gasteiger partial charge in [-0.15, -0.1) is 0 Å². The third kappa shape index (κ3) is 3.44. The number of ether oxygens (including phenoxy) is 1. The Hall–Kier alpha value is -3.33. The highest BCUT2D eigenvalue weighted by molar-refractivity contribution is 7.98. The van der Waals surface area contributed by atoms with E-state index in [9.17, 15) is 9.59 Å². The Balaban J connectivity index is 1.68. The minimum absolute atomic E-state index is 0.0939. The highest BCUT2D eigenvalue weighted by Gasteiger charge is 2.13. The van der Waals surface area contributed by atoms with E-state index < -0.39 is 5.56 Å². The van der Waals surface area contributed by atoms with Crippen LogP contribution in [-0.2, 0) is 5.75 Å². The lowest BCUT2D eigenvalue weighted by atomic mass is 10.3. The van der Waals surface area contributed by atoms with Crippen LogP contribution in [0.15, 0.2) is 57.3 Å². The number of hydrogen-bond donors (Lipinski definition) is 2. The molecule has 0 radical (unpaired) electrons. The number of methoxy groups -OCH3 is 1. The van der Waals surface area contributed by atoms with Gasteiger partial charge >= 0.3 is 0 Å². The third-order valence-electron chi connectivity index (χ3n) is 4.19. The van der Waals surface area contributed by atoms with Crippen LogP contribution in [0.25, 0.3) is 16.7 Å². The minimum Gasteiger partial charge on any atom is -0.497 e. The van der Waals surface area contributed by atoms with Gasteiger partial charge in [0.1, 0.15) is 16.8 Å². The molecular weight excluding hydrogens is 378 g/mol. The average molecular weight is 395 g/mol. The number of H-pyrrole nitrogens is 2. The minimum atomic E-state index is -0.400. The molecule has 1 aromatic carbocycles.